The lowest BCUT2D eigenvalue weighted by Gasteiger charge is -2.34. The Morgan fingerprint density at radius 3 is 2.45 bits per heavy atom. The van der Waals surface area contributed by atoms with Gasteiger partial charge in [0.25, 0.3) is 0 Å². The second-order valence-electron chi connectivity index (χ2n) is 6.43. The number of rotatable bonds is 2. The summed E-state index contributed by atoms with van der Waals surface area (Å²) in [7, 11) is 1.69. The molecule has 3 atom stereocenters. The Kier molecular flexibility index (Phi) is 5.12. The molecule has 1 heteroatoms. The SMILES string of the molecule is COc1ccc(C#C[C@H]2C[C@@H](C)CC[C@@H]2C(C)C)cc1. The van der Waals surface area contributed by atoms with Crippen LogP contribution in [-0.2, 0) is 0 Å². The van der Waals surface area contributed by atoms with E-state index in [0.29, 0.717) is 5.92 Å². The van der Waals surface area contributed by atoms with Crippen LogP contribution < -0.4 is 4.74 Å². The average molecular weight is 270 g/mol. The van der Waals surface area contributed by atoms with E-state index in [0.717, 1.165) is 29.1 Å². The minimum Gasteiger partial charge on any atom is -0.497 e. The first kappa shape index (κ1) is 15.0. The predicted molar refractivity (Wildman–Crippen MR) is 84.7 cm³/mol. The summed E-state index contributed by atoms with van der Waals surface area (Å²) in [5.74, 6) is 10.7. The maximum absolute atomic E-state index is 5.18. The molecule has 0 bridgehead atoms. The molecule has 0 aliphatic heterocycles. The van der Waals surface area contributed by atoms with Crippen LogP contribution in [0.3, 0.4) is 0 Å². The highest BCUT2D eigenvalue weighted by atomic mass is 16.5. The highest BCUT2D eigenvalue weighted by molar-refractivity contribution is 5.38. The Hall–Kier alpha value is -1.42. The molecule has 1 aromatic rings. The van der Waals surface area contributed by atoms with Gasteiger partial charge in [0.15, 0.2) is 0 Å². The molecular weight excluding hydrogens is 244 g/mol. The summed E-state index contributed by atoms with van der Waals surface area (Å²) in [5, 5.41) is 0. The fourth-order valence-electron chi connectivity index (χ4n) is 3.22. The van der Waals surface area contributed by atoms with E-state index in [1.54, 1.807) is 7.11 Å². The van der Waals surface area contributed by atoms with Crippen LogP contribution in [0.4, 0.5) is 0 Å². The van der Waals surface area contributed by atoms with Crippen molar-refractivity contribution in [1.82, 2.24) is 0 Å². The van der Waals surface area contributed by atoms with E-state index in [9.17, 15) is 0 Å². The van der Waals surface area contributed by atoms with Crippen molar-refractivity contribution in [3.05, 3.63) is 29.8 Å². The van der Waals surface area contributed by atoms with E-state index in [1.165, 1.54) is 19.3 Å². The zero-order chi connectivity index (χ0) is 14.5. The molecule has 1 aromatic carbocycles. The molecule has 1 fully saturated rings. The van der Waals surface area contributed by atoms with E-state index in [-0.39, 0.29) is 0 Å². The van der Waals surface area contributed by atoms with Gasteiger partial charge >= 0.3 is 0 Å². The minimum absolute atomic E-state index is 0.556. The van der Waals surface area contributed by atoms with Gasteiger partial charge in [0, 0.05) is 11.5 Å². The standard InChI is InChI=1S/C19H26O/c1-14(2)19-12-5-15(3)13-17(19)9-6-16-7-10-18(20-4)11-8-16/h7-8,10-11,14-15,17,19H,5,12-13H2,1-4H3/t15-,17-,19+/m0/s1. The van der Waals surface area contributed by atoms with E-state index >= 15 is 0 Å². The minimum atomic E-state index is 0.556. The molecule has 108 valence electrons. The van der Waals surface area contributed by atoms with Gasteiger partial charge in [-0.3, -0.25) is 0 Å². The van der Waals surface area contributed by atoms with Crippen molar-refractivity contribution in [1.29, 1.82) is 0 Å². The number of hydrogen-bond donors (Lipinski definition) is 0. The summed E-state index contributed by atoms with van der Waals surface area (Å²) < 4.78 is 5.18. The monoisotopic (exact) mass is 270 g/mol. The third-order valence-electron chi connectivity index (χ3n) is 4.51. The van der Waals surface area contributed by atoms with Crippen molar-refractivity contribution in [3.8, 4) is 17.6 Å². The van der Waals surface area contributed by atoms with Gasteiger partial charge in [0.2, 0.25) is 0 Å². The number of ether oxygens (including phenoxy) is 1. The van der Waals surface area contributed by atoms with Gasteiger partial charge in [-0.15, -0.1) is 0 Å². The lowest BCUT2D eigenvalue weighted by Crippen LogP contribution is -2.26. The molecule has 0 radical (unpaired) electrons. The van der Waals surface area contributed by atoms with Gasteiger partial charge in [0.05, 0.1) is 7.11 Å². The molecule has 20 heavy (non-hydrogen) atoms. The maximum Gasteiger partial charge on any atom is 0.118 e. The molecule has 2 rings (SSSR count). The largest absolute Gasteiger partial charge is 0.497 e. The summed E-state index contributed by atoms with van der Waals surface area (Å²) in [5.41, 5.74) is 1.09. The average Bonchev–Trinajstić information content (AvgIpc) is 2.45. The van der Waals surface area contributed by atoms with Crippen molar-refractivity contribution in [2.75, 3.05) is 7.11 Å². The second-order valence-corrected chi connectivity index (χ2v) is 6.43. The van der Waals surface area contributed by atoms with Gasteiger partial charge in [0.1, 0.15) is 5.75 Å². The molecule has 0 heterocycles. The van der Waals surface area contributed by atoms with E-state index in [4.69, 9.17) is 4.74 Å². The van der Waals surface area contributed by atoms with Crippen LogP contribution >= 0.6 is 0 Å². The molecule has 1 aliphatic carbocycles. The zero-order valence-electron chi connectivity index (χ0n) is 13.1. The molecule has 0 unspecified atom stereocenters. The molecule has 0 saturated heterocycles. The van der Waals surface area contributed by atoms with Gasteiger partial charge in [-0.1, -0.05) is 39.0 Å². The molecule has 1 saturated carbocycles. The highest BCUT2D eigenvalue weighted by Crippen LogP contribution is 2.37. The van der Waals surface area contributed by atoms with Crippen LogP contribution in [0.25, 0.3) is 0 Å². The lowest BCUT2D eigenvalue weighted by atomic mass is 9.70. The van der Waals surface area contributed by atoms with Crippen LogP contribution in [0.5, 0.6) is 5.75 Å². The van der Waals surface area contributed by atoms with Crippen LogP contribution in [-0.4, -0.2) is 7.11 Å². The van der Waals surface area contributed by atoms with Crippen molar-refractivity contribution in [2.45, 2.75) is 40.0 Å². The summed E-state index contributed by atoms with van der Waals surface area (Å²) in [6.45, 7) is 7.03. The fourth-order valence-corrected chi connectivity index (χ4v) is 3.22. The van der Waals surface area contributed by atoms with E-state index in [1.807, 2.05) is 24.3 Å². The Morgan fingerprint density at radius 2 is 1.85 bits per heavy atom. The number of methoxy groups -OCH3 is 1. The van der Waals surface area contributed by atoms with Gasteiger partial charge in [-0.05, 0) is 54.9 Å². The normalized spacial score (nSPS) is 25.9. The first-order valence-corrected chi connectivity index (χ1v) is 7.75. The van der Waals surface area contributed by atoms with Gasteiger partial charge in [-0.2, -0.15) is 0 Å². The third kappa shape index (κ3) is 3.79. The molecule has 1 aliphatic rings. The summed E-state index contributed by atoms with van der Waals surface area (Å²) in [6, 6.07) is 8.05. The fraction of sp³-hybridized carbons (Fsp3) is 0.579. The van der Waals surface area contributed by atoms with Crippen LogP contribution in [0.1, 0.15) is 45.6 Å². The van der Waals surface area contributed by atoms with Crippen molar-refractivity contribution in [3.63, 3.8) is 0 Å². The van der Waals surface area contributed by atoms with Crippen molar-refractivity contribution in [2.24, 2.45) is 23.7 Å². The molecule has 0 N–H and O–H groups in total. The predicted octanol–water partition coefficient (Wildman–Crippen LogP) is 4.76. The highest BCUT2D eigenvalue weighted by Gasteiger charge is 2.29. The summed E-state index contributed by atoms with van der Waals surface area (Å²) >= 11 is 0. The second kappa shape index (κ2) is 6.84. The summed E-state index contributed by atoms with van der Waals surface area (Å²) in [4.78, 5) is 0. The quantitative estimate of drug-likeness (QED) is 0.704. The maximum atomic E-state index is 5.18. The summed E-state index contributed by atoms with van der Waals surface area (Å²) in [6.07, 6.45) is 3.95. The molecule has 0 amide bonds. The topological polar surface area (TPSA) is 9.23 Å². The molecular formula is C19H26O. The Morgan fingerprint density at radius 1 is 1.15 bits per heavy atom. The number of hydrogen-bond acceptors (Lipinski definition) is 1. The third-order valence-corrected chi connectivity index (χ3v) is 4.51. The van der Waals surface area contributed by atoms with Crippen LogP contribution in [0, 0.1) is 35.5 Å². The molecule has 0 spiro atoms. The van der Waals surface area contributed by atoms with E-state index < -0.39 is 0 Å². The van der Waals surface area contributed by atoms with Gasteiger partial charge in [-0.25, -0.2) is 0 Å². The lowest BCUT2D eigenvalue weighted by molar-refractivity contribution is 0.185. The smallest absolute Gasteiger partial charge is 0.118 e. The van der Waals surface area contributed by atoms with E-state index in [2.05, 4.69) is 32.6 Å². The van der Waals surface area contributed by atoms with Gasteiger partial charge < -0.3 is 4.74 Å². The van der Waals surface area contributed by atoms with Crippen molar-refractivity contribution >= 4 is 0 Å². The van der Waals surface area contributed by atoms with Crippen molar-refractivity contribution < 1.29 is 4.74 Å². The zero-order valence-corrected chi connectivity index (χ0v) is 13.1. The number of benzene rings is 1. The molecule has 1 nitrogen and oxygen atoms in total. The molecule has 0 aromatic heterocycles. The first-order valence-electron chi connectivity index (χ1n) is 7.75. The van der Waals surface area contributed by atoms with Crippen LogP contribution in [0.15, 0.2) is 24.3 Å². The van der Waals surface area contributed by atoms with Crippen LogP contribution in [0.2, 0.25) is 0 Å². The first-order chi connectivity index (χ1) is 9.60. The Labute approximate surface area is 123 Å². The Balaban J connectivity index is 2.11. The Bertz CT molecular complexity index is 475.